The first kappa shape index (κ1) is 13.3. The van der Waals surface area contributed by atoms with E-state index in [0.29, 0.717) is 11.4 Å². The topological polar surface area (TPSA) is 17.8 Å². The quantitative estimate of drug-likeness (QED) is 0.306. The SMILES string of the molecule is [2H]C([2H])([2H])c1cnc(-n2c3ccccc3c3ccc(Br)cc32)cc1-c1ccccc1. The molecule has 5 aromatic rings. The molecule has 0 spiro atoms. The number of aromatic nitrogens is 2. The Labute approximate surface area is 170 Å². The second-order valence-corrected chi connectivity index (χ2v) is 7.38. The molecule has 3 heteroatoms. The van der Waals surface area contributed by atoms with E-state index in [1.54, 1.807) is 0 Å². The predicted molar refractivity (Wildman–Crippen MR) is 116 cm³/mol. The van der Waals surface area contributed by atoms with Crippen molar-refractivity contribution in [3.8, 4) is 16.9 Å². The van der Waals surface area contributed by atoms with Gasteiger partial charge in [0, 0.05) is 25.6 Å². The number of nitrogens with zero attached hydrogens (tertiary/aromatic N) is 2. The van der Waals surface area contributed by atoms with Gasteiger partial charge in [-0.15, -0.1) is 0 Å². The predicted octanol–water partition coefficient (Wildman–Crippen LogP) is 6.92. The Balaban J connectivity index is 1.85. The molecule has 0 aliphatic heterocycles. The van der Waals surface area contributed by atoms with Crippen LogP contribution in [-0.2, 0) is 0 Å². The molecule has 0 saturated heterocycles. The Kier molecular flexibility index (Phi) is 3.13. The fourth-order valence-electron chi connectivity index (χ4n) is 3.61. The minimum absolute atomic E-state index is 0.249. The highest BCUT2D eigenvalue weighted by Gasteiger charge is 2.14. The molecule has 0 N–H and O–H groups in total. The standard InChI is InChI=1S/C24H17BrN2/c1-16-15-26-24(14-21(16)17-7-3-2-4-8-17)27-22-10-6-5-9-19(22)20-12-11-18(25)13-23(20)27/h2-15H,1H3/i1D3. The van der Waals surface area contributed by atoms with Crippen LogP contribution < -0.4 is 0 Å². The first-order valence-electron chi connectivity index (χ1n) is 10.2. The first-order valence-corrected chi connectivity index (χ1v) is 9.48. The molecule has 3 aromatic carbocycles. The number of para-hydroxylation sites is 1. The van der Waals surface area contributed by atoms with Crippen LogP contribution in [0.5, 0.6) is 0 Å². The number of pyridine rings is 1. The summed E-state index contributed by atoms with van der Waals surface area (Å²) >= 11 is 3.58. The Bertz CT molecular complexity index is 1390. The zero-order valence-electron chi connectivity index (χ0n) is 17.4. The van der Waals surface area contributed by atoms with E-state index in [0.717, 1.165) is 31.8 Å². The molecule has 0 aliphatic rings. The van der Waals surface area contributed by atoms with E-state index in [-0.39, 0.29) is 5.56 Å². The number of fused-ring (bicyclic) bond motifs is 3. The van der Waals surface area contributed by atoms with Crippen molar-refractivity contribution >= 4 is 37.7 Å². The number of hydrogen-bond donors (Lipinski definition) is 0. The fraction of sp³-hybridized carbons (Fsp3) is 0.0417. The average Bonchev–Trinajstić information content (AvgIpc) is 3.06. The summed E-state index contributed by atoms with van der Waals surface area (Å²) in [6.07, 6.45) is 1.49. The number of benzene rings is 3. The van der Waals surface area contributed by atoms with E-state index in [1.165, 1.54) is 6.20 Å². The summed E-state index contributed by atoms with van der Waals surface area (Å²) in [5.41, 5.74) is 3.81. The maximum Gasteiger partial charge on any atom is 0.138 e. The number of hydrogen-bond acceptors (Lipinski definition) is 1. The van der Waals surface area contributed by atoms with Gasteiger partial charge in [0.2, 0.25) is 0 Å². The van der Waals surface area contributed by atoms with E-state index >= 15 is 0 Å². The van der Waals surface area contributed by atoms with Crippen molar-refractivity contribution in [1.82, 2.24) is 9.55 Å². The summed E-state index contributed by atoms with van der Waals surface area (Å²) in [6, 6.07) is 25.8. The van der Waals surface area contributed by atoms with Crippen LogP contribution in [0.4, 0.5) is 0 Å². The van der Waals surface area contributed by atoms with Gasteiger partial charge in [-0.2, -0.15) is 0 Å². The van der Waals surface area contributed by atoms with Crippen molar-refractivity contribution < 1.29 is 4.11 Å². The van der Waals surface area contributed by atoms with Gasteiger partial charge < -0.3 is 0 Å². The maximum atomic E-state index is 7.98. The van der Waals surface area contributed by atoms with E-state index < -0.39 is 6.85 Å². The first-order chi connectivity index (χ1) is 14.4. The molecule has 0 aliphatic carbocycles. The van der Waals surface area contributed by atoms with Gasteiger partial charge in [0.1, 0.15) is 5.82 Å². The van der Waals surface area contributed by atoms with Crippen LogP contribution in [0, 0.1) is 6.85 Å². The monoisotopic (exact) mass is 415 g/mol. The molecule has 27 heavy (non-hydrogen) atoms. The van der Waals surface area contributed by atoms with Gasteiger partial charge in [-0.05, 0) is 47.8 Å². The average molecular weight is 416 g/mol. The molecule has 0 bridgehead atoms. The highest BCUT2D eigenvalue weighted by Crippen LogP contribution is 2.34. The summed E-state index contributed by atoms with van der Waals surface area (Å²) < 4.78 is 27.0. The van der Waals surface area contributed by atoms with Crippen LogP contribution in [0.15, 0.2) is 89.5 Å². The number of aryl methyl sites for hydroxylation is 1. The molecular formula is C24H17BrN2. The van der Waals surface area contributed by atoms with Gasteiger partial charge in [0.05, 0.1) is 11.0 Å². The molecule has 0 atom stereocenters. The van der Waals surface area contributed by atoms with Gasteiger partial charge >= 0.3 is 0 Å². The van der Waals surface area contributed by atoms with E-state index in [9.17, 15) is 0 Å². The smallest absolute Gasteiger partial charge is 0.138 e. The zero-order chi connectivity index (χ0) is 20.9. The minimum Gasteiger partial charge on any atom is -0.294 e. The third-order valence-corrected chi connectivity index (χ3v) is 5.33. The maximum absolute atomic E-state index is 7.98. The zero-order valence-corrected chi connectivity index (χ0v) is 15.9. The van der Waals surface area contributed by atoms with Gasteiger partial charge in [-0.25, -0.2) is 4.98 Å². The second-order valence-electron chi connectivity index (χ2n) is 6.47. The summed E-state index contributed by atoms with van der Waals surface area (Å²) in [6.45, 7) is -2.25. The molecule has 130 valence electrons. The molecule has 0 fully saturated rings. The lowest BCUT2D eigenvalue weighted by atomic mass is 10.0. The lowest BCUT2D eigenvalue weighted by Gasteiger charge is -2.11. The Hall–Kier alpha value is -2.91. The number of halogens is 1. The van der Waals surface area contributed by atoms with Gasteiger partial charge in [-0.3, -0.25) is 4.57 Å². The van der Waals surface area contributed by atoms with Crippen LogP contribution in [0.3, 0.4) is 0 Å². The van der Waals surface area contributed by atoms with Crippen molar-refractivity contribution in [2.45, 2.75) is 6.85 Å². The molecule has 0 amide bonds. The van der Waals surface area contributed by atoms with Gasteiger partial charge in [0.15, 0.2) is 0 Å². The highest BCUT2D eigenvalue weighted by atomic mass is 79.9. The van der Waals surface area contributed by atoms with Crippen molar-refractivity contribution in [2.75, 3.05) is 0 Å². The lowest BCUT2D eigenvalue weighted by molar-refractivity contribution is 1.07. The van der Waals surface area contributed by atoms with Crippen molar-refractivity contribution in [1.29, 1.82) is 0 Å². The molecular weight excluding hydrogens is 396 g/mol. The summed E-state index contributed by atoms with van der Waals surface area (Å²) in [7, 11) is 0. The Morgan fingerprint density at radius 1 is 0.852 bits per heavy atom. The van der Waals surface area contributed by atoms with Crippen LogP contribution in [0.1, 0.15) is 9.68 Å². The van der Waals surface area contributed by atoms with Crippen LogP contribution in [-0.4, -0.2) is 9.55 Å². The third kappa shape index (κ3) is 2.66. The summed E-state index contributed by atoms with van der Waals surface area (Å²) in [5, 5.41) is 2.25. The molecule has 2 aromatic heterocycles. The van der Waals surface area contributed by atoms with E-state index in [4.69, 9.17) is 4.11 Å². The number of rotatable bonds is 2. The molecule has 0 saturated carbocycles. The Morgan fingerprint density at radius 2 is 1.63 bits per heavy atom. The van der Waals surface area contributed by atoms with Crippen molar-refractivity contribution in [3.63, 3.8) is 0 Å². The highest BCUT2D eigenvalue weighted by molar-refractivity contribution is 9.10. The lowest BCUT2D eigenvalue weighted by Crippen LogP contribution is -1.99. The van der Waals surface area contributed by atoms with E-state index in [1.807, 2.05) is 54.6 Å². The van der Waals surface area contributed by atoms with Gasteiger partial charge in [-0.1, -0.05) is 70.5 Å². The fourth-order valence-corrected chi connectivity index (χ4v) is 3.96. The molecule has 0 radical (unpaired) electrons. The van der Waals surface area contributed by atoms with Crippen LogP contribution in [0.25, 0.3) is 38.8 Å². The van der Waals surface area contributed by atoms with Crippen LogP contribution in [0.2, 0.25) is 0 Å². The largest absolute Gasteiger partial charge is 0.294 e. The Morgan fingerprint density at radius 3 is 2.48 bits per heavy atom. The molecule has 2 heterocycles. The van der Waals surface area contributed by atoms with Crippen molar-refractivity contribution in [3.05, 3.63) is 95.1 Å². The van der Waals surface area contributed by atoms with E-state index in [2.05, 4.69) is 49.7 Å². The summed E-state index contributed by atoms with van der Waals surface area (Å²) in [4.78, 5) is 4.59. The third-order valence-electron chi connectivity index (χ3n) is 4.84. The normalized spacial score (nSPS) is 13.4. The minimum atomic E-state index is -2.25. The van der Waals surface area contributed by atoms with Crippen molar-refractivity contribution in [2.24, 2.45) is 0 Å². The molecule has 2 nitrogen and oxygen atoms in total. The second kappa shape index (κ2) is 6.36. The molecule has 5 rings (SSSR count). The van der Waals surface area contributed by atoms with Crippen LogP contribution >= 0.6 is 15.9 Å². The summed E-state index contributed by atoms with van der Waals surface area (Å²) in [5.74, 6) is 0.686. The van der Waals surface area contributed by atoms with Gasteiger partial charge in [0.25, 0.3) is 0 Å². The molecule has 0 unspecified atom stereocenters.